The highest BCUT2D eigenvalue weighted by atomic mass is 32.2. The summed E-state index contributed by atoms with van der Waals surface area (Å²) in [5.74, 6) is 5.68. The van der Waals surface area contributed by atoms with E-state index in [0.717, 1.165) is 11.6 Å². The van der Waals surface area contributed by atoms with E-state index in [2.05, 4.69) is 24.9 Å². The van der Waals surface area contributed by atoms with Crippen LogP contribution in [0.1, 0.15) is 20.4 Å². The zero-order chi connectivity index (χ0) is 13.6. The lowest BCUT2D eigenvalue weighted by Gasteiger charge is -2.02. The number of aryl methyl sites for hydroxylation is 1. The van der Waals surface area contributed by atoms with Crippen molar-refractivity contribution in [1.82, 2.24) is 0 Å². The quantitative estimate of drug-likeness (QED) is 0.485. The zero-order valence-electron chi connectivity index (χ0n) is 10.9. The minimum Gasteiger partial charge on any atom is -0.253 e. The fourth-order valence-corrected chi connectivity index (χ4v) is 2.58. The van der Waals surface area contributed by atoms with Gasteiger partial charge in [-0.1, -0.05) is 51.6 Å². The SMILES string of the molecule is C.C.Cc1ccc(S(=O)(=O)OCC#CC[SiH](C)C)cc1. The average molecular weight is 315 g/mol. The van der Waals surface area contributed by atoms with Crippen molar-refractivity contribution in [2.45, 2.75) is 45.8 Å². The van der Waals surface area contributed by atoms with E-state index in [1.807, 2.05) is 6.92 Å². The van der Waals surface area contributed by atoms with Crippen LogP contribution >= 0.6 is 0 Å². The third-order valence-corrected chi connectivity index (χ3v) is 4.53. The van der Waals surface area contributed by atoms with Gasteiger partial charge < -0.3 is 0 Å². The molecule has 1 rings (SSSR count). The molecule has 0 aliphatic heterocycles. The molecule has 0 heterocycles. The Kier molecular flexibility index (Phi) is 10.3. The second kappa shape index (κ2) is 9.75. The summed E-state index contributed by atoms with van der Waals surface area (Å²) in [6.45, 7) is 6.22. The van der Waals surface area contributed by atoms with Gasteiger partial charge in [0.05, 0.1) is 4.90 Å². The van der Waals surface area contributed by atoms with Crippen molar-refractivity contribution in [3.63, 3.8) is 0 Å². The Morgan fingerprint density at radius 2 is 1.65 bits per heavy atom. The first-order valence-corrected chi connectivity index (χ1v) is 10.4. The van der Waals surface area contributed by atoms with Crippen molar-refractivity contribution in [2.24, 2.45) is 0 Å². The van der Waals surface area contributed by atoms with E-state index in [-0.39, 0.29) is 26.4 Å². The van der Waals surface area contributed by atoms with Crippen molar-refractivity contribution in [3.05, 3.63) is 29.8 Å². The second-order valence-electron chi connectivity index (χ2n) is 4.48. The van der Waals surface area contributed by atoms with Gasteiger partial charge in [0.15, 0.2) is 0 Å². The summed E-state index contributed by atoms with van der Waals surface area (Å²) in [5, 5.41) is 0. The lowest BCUT2D eigenvalue weighted by Crippen LogP contribution is -2.06. The van der Waals surface area contributed by atoms with Crippen LogP contribution in [0.2, 0.25) is 19.1 Å². The standard InChI is InChI=1S/C13H18O3SSi.2CH4/c1-12-6-8-13(9-7-12)17(14,15)16-10-4-5-11-18(2)3;;/h6-9,18H,10-11H2,1-3H3;2*1H4. The predicted molar refractivity (Wildman–Crippen MR) is 89.2 cm³/mol. The van der Waals surface area contributed by atoms with Crippen LogP contribution in [0.4, 0.5) is 0 Å². The van der Waals surface area contributed by atoms with Gasteiger partial charge in [-0.25, -0.2) is 0 Å². The Bertz CT molecular complexity index is 537. The van der Waals surface area contributed by atoms with Crippen molar-refractivity contribution in [3.8, 4) is 11.8 Å². The summed E-state index contributed by atoms with van der Waals surface area (Å²) in [7, 11) is -4.37. The third kappa shape index (κ3) is 7.48. The molecular formula is C15H26O3SSi. The van der Waals surface area contributed by atoms with Gasteiger partial charge in [0, 0.05) is 14.8 Å². The smallest absolute Gasteiger partial charge is 0.253 e. The number of benzene rings is 1. The molecule has 0 aromatic heterocycles. The van der Waals surface area contributed by atoms with Crippen LogP contribution in [-0.2, 0) is 14.3 Å². The fraction of sp³-hybridized carbons (Fsp3) is 0.467. The van der Waals surface area contributed by atoms with Crippen LogP contribution in [0, 0.1) is 18.8 Å². The molecule has 20 heavy (non-hydrogen) atoms. The van der Waals surface area contributed by atoms with Crippen molar-refractivity contribution in [1.29, 1.82) is 0 Å². The van der Waals surface area contributed by atoms with E-state index in [1.54, 1.807) is 24.3 Å². The summed E-state index contributed by atoms with van der Waals surface area (Å²) < 4.78 is 28.4. The summed E-state index contributed by atoms with van der Waals surface area (Å²) in [5.41, 5.74) is 1.01. The van der Waals surface area contributed by atoms with E-state index in [0.29, 0.717) is 0 Å². The van der Waals surface area contributed by atoms with Crippen molar-refractivity contribution < 1.29 is 12.6 Å². The van der Waals surface area contributed by atoms with Crippen LogP contribution in [0.15, 0.2) is 29.2 Å². The number of rotatable bonds is 4. The van der Waals surface area contributed by atoms with Crippen LogP contribution < -0.4 is 0 Å². The Morgan fingerprint density at radius 1 is 1.10 bits per heavy atom. The lowest BCUT2D eigenvalue weighted by atomic mass is 10.2. The van der Waals surface area contributed by atoms with Gasteiger partial charge >= 0.3 is 0 Å². The first-order valence-electron chi connectivity index (χ1n) is 5.83. The lowest BCUT2D eigenvalue weighted by molar-refractivity contribution is 0.363. The van der Waals surface area contributed by atoms with Gasteiger partial charge in [-0.15, -0.1) is 5.92 Å². The Morgan fingerprint density at radius 3 is 2.15 bits per heavy atom. The minimum absolute atomic E-state index is 0. The van der Waals surface area contributed by atoms with Gasteiger partial charge in [0.2, 0.25) is 0 Å². The maximum atomic E-state index is 11.8. The van der Waals surface area contributed by atoms with Gasteiger partial charge in [-0.3, -0.25) is 4.18 Å². The molecule has 0 saturated carbocycles. The maximum Gasteiger partial charge on any atom is 0.297 e. The van der Waals surface area contributed by atoms with Gasteiger partial charge in [-0.05, 0) is 19.1 Å². The molecule has 0 aliphatic rings. The molecule has 0 N–H and O–H groups in total. The Hall–Kier alpha value is -1.09. The molecule has 0 amide bonds. The summed E-state index contributed by atoms with van der Waals surface area (Å²) in [6, 6.07) is 7.45. The van der Waals surface area contributed by atoms with Crippen LogP contribution in [0.25, 0.3) is 0 Å². The zero-order valence-corrected chi connectivity index (χ0v) is 12.9. The van der Waals surface area contributed by atoms with E-state index >= 15 is 0 Å². The van der Waals surface area contributed by atoms with Gasteiger partial charge in [-0.2, -0.15) is 8.42 Å². The topological polar surface area (TPSA) is 43.4 Å². The molecule has 3 nitrogen and oxygen atoms in total. The summed E-state index contributed by atoms with van der Waals surface area (Å²) >= 11 is 0. The maximum absolute atomic E-state index is 11.8. The molecule has 0 bridgehead atoms. The third-order valence-electron chi connectivity index (χ3n) is 2.23. The van der Waals surface area contributed by atoms with E-state index in [4.69, 9.17) is 4.18 Å². The molecule has 0 unspecified atom stereocenters. The molecular weight excluding hydrogens is 288 g/mol. The second-order valence-corrected chi connectivity index (χ2v) is 9.29. The van der Waals surface area contributed by atoms with E-state index < -0.39 is 18.9 Å². The highest BCUT2D eigenvalue weighted by Crippen LogP contribution is 2.12. The van der Waals surface area contributed by atoms with Crippen molar-refractivity contribution >= 4 is 18.9 Å². The van der Waals surface area contributed by atoms with E-state index in [1.165, 1.54) is 0 Å². The minimum atomic E-state index is -3.67. The van der Waals surface area contributed by atoms with Gasteiger partial charge in [0.1, 0.15) is 6.61 Å². The highest BCUT2D eigenvalue weighted by molar-refractivity contribution is 7.86. The average Bonchev–Trinajstić information content (AvgIpc) is 2.28. The van der Waals surface area contributed by atoms with Gasteiger partial charge in [0.25, 0.3) is 10.1 Å². The molecule has 0 aliphatic carbocycles. The Labute approximate surface area is 126 Å². The molecule has 5 heteroatoms. The Balaban J connectivity index is 0. The monoisotopic (exact) mass is 314 g/mol. The van der Waals surface area contributed by atoms with Crippen LogP contribution in [0.5, 0.6) is 0 Å². The number of hydrogen-bond acceptors (Lipinski definition) is 3. The molecule has 114 valence electrons. The first kappa shape index (κ1) is 21.2. The molecule has 0 spiro atoms. The highest BCUT2D eigenvalue weighted by Gasteiger charge is 2.13. The van der Waals surface area contributed by atoms with Crippen molar-refractivity contribution in [2.75, 3.05) is 6.61 Å². The molecule has 0 radical (unpaired) electrons. The molecule has 0 fully saturated rings. The van der Waals surface area contributed by atoms with E-state index in [9.17, 15) is 8.42 Å². The largest absolute Gasteiger partial charge is 0.297 e. The summed E-state index contributed by atoms with van der Waals surface area (Å²) in [6.07, 6.45) is 0. The first-order chi connectivity index (χ1) is 8.42. The molecule has 1 aromatic carbocycles. The predicted octanol–water partition coefficient (Wildman–Crippen LogP) is 3.46. The van der Waals surface area contributed by atoms with Crippen LogP contribution in [0.3, 0.4) is 0 Å². The number of hydrogen-bond donors (Lipinski definition) is 0. The normalized spacial score (nSPS) is 10.0. The molecule has 0 saturated heterocycles. The fourth-order valence-electron chi connectivity index (χ4n) is 1.21. The molecule has 0 atom stereocenters. The molecule has 1 aromatic rings. The summed E-state index contributed by atoms with van der Waals surface area (Å²) in [4.78, 5) is 0.174. The van der Waals surface area contributed by atoms with Crippen LogP contribution in [-0.4, -0.2) is 23.8 Å².